The molecule has 1 aliphatic rings. The summed E-state index contributed by atoms with van der Waals surface area (Å²) in [5, 5.41) is 6.60. The summed E-state index contributed by atoms with van der Waals surface area (Å²) in [6.07, 6.45) is 0. The molecule has 1 aliphatic heterocycles. The molecule has 182 valence electrons. The molecule has 0 radical (unpaired) electrons. The topological polar surface area (TPSA) is 77.8 Å². The zero-order chi connectivity index (χ0) is 24.9. The number of anilines is 2. The minimum absolute atomic E-state index is 0.00656. The third kappa shape index (κ3) is 6.01. The van der Waals surface area contributed by atoms with Crippen LogP contribution in [0.2, 0.25) is 5.02 Å². The van der Waals surface area contributed by atoms with Crippen molar-refractivity contribution in [3.05, 3.63) is 71.4 Å². The molecule has 35 heavy (non-hydrogen) atoms. The number of rotatable bonds is 5. The lowest BCUT2D eigenvalue weighted by Gasteiger charge is -2.37. The summed E-state index contributed by atoms with van der Waals surface area (Å²) in [6.45, 7) is 6.61. The van der Waals surface area contributed by atoms with Gasteiger partial charge in [0.15, 0.2) is 10.9 Å². The fraction of sp³-hybridized carbons (Fsp3) is 0.269. The van der Waals surface area contributed by atoms with E-state index in [0.29, 0.717) is 23.9 Å². The van der Waals surface area contributed by atoms with Crippen molar-refractivity contribution in [3.63, 3.8) is 0 Å². The molecule has 2 heterocycles. The molecule has 7 nitrogen and oxygen atoms in total. The van der Waals surface area contributed by atoms with Crippen molar-refractivity contribution in [2.45, 2.75) is 13.8 Å². The van der Waals surface area contributed by atoms with Crippen molar-refractivity contribution in [1.82, 2.24) is 10.2 Å². The monoisotopic (exact) mass is 510 g/mol. The zero-order valence-corrected chi connectivity index (χ0v) is 21.2. The lowest BCUT2D eigenvalue weighted by atomic mass is 10.1. The van der Waals surface area contributed by atoms with Gasteiger partial charge < -0.3 is 19.5 Å². The highest BCUT2D eigenvalue weighted by Crippen LogP contribution is 2.27. The Balaban J connectivity index is 1.37. The first kappa shape index (κ1) is 24.8. The quantitative estimate of drug-likeness (QED) is 0.469. The number of nitrogens with zero attached hydrogens (tertiary/aromatic N) is 2. The van der Waals surface area contributed by atoms with Crippen molar-refractivity contribution in [2.75, 3.05) is 36.4 Å². The fourth-order valence-electron chi connectivity index (χ4n) is 3.94. The fourth-order valence-corrected chi connectivity index (χ4v) is 4.26. The van der Waals surface area contributed by atoms with E-state index in [1.807, 2.05) is 55.1 Å². The second-order valence-corrected chi connectivity index (χ2v) is 9.41. The van der Waals surface area contributed by atoms with Crippen LogP contribution < -0.4 is 15.5 Å². The average Bonchev–Trinajstić information content (AvgIpc) is 3.35. The third-order valence-corrected chi connectivity index (χ3v) is 6.22. The van der Waals surface area contributed by atoms with Gasteiger partial charge in [0.1, 0.15) is 5.76 Å². The summed E-state index contributed by atoms with van der Waals surface area (Å²) >= 11 is 11.3. The number of hydrogen-bond acceptors (Lipinski definition) is 5. The van der Waals surface area contributed by atoms with Gasteiger partial charge in [-0.2, -0.15) is 0 Å². The van der Waals surface area contributed by atoms with Gasteiger partial charge >= 0.3 is 0 Å². The van der Waals surface area contributed by atoms with Crippen LogP contribution in [0, 0.1) is 5.92 Å². The molecule has 0 saturated carbocycles. The Morgan fingerprint density at radius 1 is 0.971 bits per heavy atom. The lowest BCUT2D eigenvalue weighted by molar-refractivity contribution is -0.134. The summed E-state index contributed by atoms with van der Waals surface area (Å²) in [6, 6.07) is 18.3. The number of furan rings is 1. The number of carbonyl (C=O) groups is 2. The maximum absolute atomic E-state index is 12.7. The van der Waals surface area contributed by atoms with Gasteiger partial charge in [0.25, 0.3) is 5.91 Å². The first-order valence-electron chi connectivity index (χ1n) is 11.4. The number of nitrogens with one attached hydrogen (secondary N) is 2. The van der Waals surface area contributed by atoms with Crippen molar-refractivity contribution < 1.29 is 14.0 Å². The molecule has 1 fully saturated rings. The highest BCUT2D eigenvalue weighted by molar-refractivity contribution is 7.80. The van der Waals surface area contributed by atoms with E-state index < -0.39 is 5.91 Å². The Bertz CT molecular complexity index is 1220. The van der Waals surface area contributed by atoms with Crippen LogP contribution in [0.4, 0.5) is 11.4 Å². The van der Waals surface area contributed by atoms with Crippen LogP contribution in [-0.2, 0) is 4.79 Å². The molecule has 4 rings (SSSR count). The highest BCUT2D eigenvalue weighted by atomic mass is 35.5. The molecule has 3 aromatic rings. The second kappa shape index (κ2) is 10.9. The number of halogens is 1. The standard InChI is InChI=1S/C26H27ClN4O3S/c1-17(2)25(33)31-15-13-30(14-16-31)21-6-4-3-5-20(21)28-26(35)29-24(32)23-12-11-22(34-23)18-7-9-19(27)10-8-18/h3-12,17H,13-16H2,1-2H3,(H2,28,29,32,35). The summed E-state index contributed by atoms with van der Waals surface area (Å²) in [4.78, 5) is 29.1. The number of thiocarbonyl (C=S) groups is 1. The predicted molar refractivity (Wildman–Crippen MR) is 143 cm³/mol. The van der Waals surface area contributed by atoms with Gasteiger partial charge in [0.05, 0.1) is 11.4 Å². The number of piperazine rings is 1. The Labute approximate surface area is 215 Å². The Kier molecular flexibility index (Phi) is 7.73. The number of hydrogen-bond donors (Lipinski definition) is 2. The van der Waals surface area contributed by atoms with Crippen molar-refractivity contribution in [1.29, 1.82) is 0 Å². The molecule has 0 atom stereocenters. The van der Waals surface area contributed by atoms with Crippen LogP contribution in [-0.4, -0.2) is 48.0 Å². The van der Waals surface area contributed by atoms with E-state index in [1.165, 1.54) is 0 Å². The minimum Gasteiger partial charge on any atom is -0.451 e. The molecule has 0 aliphatic carbocycles. The van der Waals surface area contributed by atoms with E-state index in [0.717, 1.165) is 30.0 Å². The Morgan fingerprint density at radius 3 is 2.34 bits per heavy atom. The van der Waals surface area contributed by atoms with Gasteiger partial charge in [-0.3, -0.25) is 14.9 Å². The van der Waals surface area contributed by atoms with Crippen LogP contribution in [0.5, 0.6) is 0 Å². The van der Waals surface area contributed by atoms with E-state index >= 15 is 0 Å². The molecule has 2 N–H and O–H groups in total. The maximum atomic E-state index is 12.7. The van der Waals surface area contributed by atoms with Crippen LogP contribution in [0.1, 0.15) is 24.4 Å². The molecule has 0 unspecified atom stereocenters. The van der Waals surface area contributed by atoms with Crippen LogP contribution >= 0.6 is 23.8 Å². The molecule has 0 bridgehead atoms. The van der Waals surface area contributed by atoms with Gasteiger partial charge in [-0.15, -0.1) is 0 Å². The molecule has 0 spiro atoms. The van der Waals surface area contributed by atoms with Gasteiger partial charge in [-0.05, 0) is 60.7 Å². The van der Waals surface area contributed by atoms with E-state index in [4.69, 9.17) is 28.2 Å². The van der Waals surface area contributed by atoms with Gasteiger partial charge in [0, 0.05) is 42.7 Å². The highest BCUT2D eigenvalue weighted by Gasteiger charge is 2.24. The summed E-state index contributed by atoms with van der Waals surface area (Å²) < 4.78 is 5.70. The molecular formula is C26H27ClN4O3S. The van der Waals surface area contributed by atoms with Gasteiger partial charge in [0.2, 0.25) is 5.91 Å². The Morgan fingerprint density at radius 2 is 1.66 bits per heavy atom. The smallest absolute Gasteiger partial charge is 0.293 e. The van der Waals surface area contributed by atoms with E-state index in [2.05, 4.69) is 15.5 Å². The summed E-state index contributed by atoms with van der Waals surface area (Å²) in [5.74, 6) is 0.440. The van der Waals surface area contributed by atoms with Crippen molar-refractivity contribution >= 4 is 52.1 Å². The molecule has 2 amide bonds. The predicted octanol–water partition coefficient (Wildman–Crippen LogP) is 5.03. The minimum atomic E-state index is -0.444. The number of carbonyl (C=O) groups excluding carboxylic acids is 2. The van der Waals surface area contributed by atoms with Gasteiger partial charge in [-0.25, -0.2) is 0 Å². The van der Waals surface area contributed by atoms with Crippen LogP contribution in [0.3, 0.4) is 0 Å². The van der Waals surface area contributed by atoms with E-state index in [-0.39, 0.29) is 22.7 Å². The summed E-state index contributed by atoms with van der Waals surface area (Å²) in [5.41, 5.74) is 2.56. The maximum Gasteiger partial charge on any atom is 0.293 e. The van der Waals surface area contributed by atoms with Crippen molar-refractivity contribution in [2.24, 2.45) is 5.92 Å². The normalized spacial score (nSPS) is 13.6. The number of para-hydroxylation sites is 2. The second-order valence-electron chi connectivity index (χ2n) is 8.56. The molecule has 1 aromatic heterocycles. The van der Waals surface area contributed by atoms with Crippen LogP contribution in [0.15, 0.2) is 65.1 Å². The van der Waals surface area contributed by atoms with Gasteiger partial charge in [-0.1, -0.05) is 37.6 Å². The molecule has 9 heteroatoms. The molecule has 1 saturated heterocycles. The largest absolute Gasteiger partial charge is 0.451 e. The van der Waals surface area contributed by atoms with E-state index in [9.17, 15) is 9.59 Å². The first-order valence-corrected chi connectivity index (χ1v) is 12.2. The lowest BCUT2D eigenvalue weighted by Crippen LogP contribution is -2.50. The van der Waals surface area contributed by atoms with Crippen molar-refractivity contribution in [3.8, 4) is 11.3 Å². The van der Waals surface area contributed by atoms with E-state index in [1.54, 1.807) is 24.3 Å². The van der Waals surface area contributed by atoms with Crippen LogP contribution in [0.25, 0.3) is 11.3 Å². The zero-order valence-electron chi connectivity index (χ0n) is 19.6. The molecular weight excluding hydrogens is 484 g/mol. The first-order chi connectivity index (χ1) is 16.8. The third-order valence-electron chi connectivity index (χ3n) is 5.76. The summed E-state index contributed by atoms with van der Waals surface area (Å²) in [7, 11) is 0. The Hall–Kier alpha value is -3.36. The SMILES string of the molecule is CC(C)C(=O)N1CCN(c2ccccc2NC(=S)NC(=O)c2ccc(-c3ccc(Cl)cc3)o2)CC1. The number of benzene rings is 2. The average molecular weight is 511 g/mol. The number of amides is 2. The molecule has 2 aromatic carbocycles.